The van der Waals surface area contributed by atoms with Gasteiger partial charge in [-0.3, -0.25) is 0 Å². The van der Waals surface area contributed by atoms with Gasteiger partial charge in [0.1, 0.15) is 5.75 Å². The normalized spacial score (nSPS) is 14.9. The van der Waals surface area contributed by atoms with E-state index in [2.05, 4.69) is 36.4 Å². The molecular weight excluding hydrogens is 328 g/mol. The maximum Gasteiger partial charge on any atom is 0.118 e. The molecule has 2 aromatic carbocycles. The summed E-state index contributed by atoms with van der Waals surface area (Å²) in [4.78, 5) is 3.21. The maximum absolute atomic E-state index is 5.49. The number of hydrogen-bond acceptors (Lipinski definition) is 4. The highest BCUT2D eigenvalue weighted by atomic mass is 33.1. The largest absolute Gasteiger partial charge is 0.497 e. The smallest absolute Gasteiger partial charge is 0.118 e. The average molecular weight is 343 g/mol. The molecule has 0 spiro atoms. The number of benzene rings is 2. The van der Waals surface area contributed by atoms with Crippen LogP contribution in [-0.2, 0) is 0 Å². The predicted octanol–water partition coefficient (Wildman–Crippen LogP) is 5.84. The SMILES string of the molecule is COc1ccc(C2=CC(=S)C=C(c3ccccc3)SS2)cc1. The molecule has 22 heavy (non-hydrogen) atoms. The van der Waals surface area contributed by atoms with Gasteiger partial charge in [-0.15, -0.1) is 0 Å². The number of rotatable bonds is 3. The maximum atomic E-state index is 5.49. The Morgan fingerprint density at radius 3 is 1.86 bits per heavy atom. The molecule has 3 rings (SSSR count). The lowest BCUT2D eigenvalue weighted by molar-refractivity contribution is 0.415. The fourth-order valence-corrected chi connectivity index (χ4v) is 4.84. The highest BCUT2D eigenvalue weighted by Gasteiger charge is 2.12. The van der Waals surface area contributed by atoms with Crippen molar-refractivity contribution < 1.29 is 4.74 Å². The summed E-state index contributed by atoms with van der Waals surface area (Å²) in [6.45, 7) is 0. The Hall–Kier alpha value is -1.49. The summed E-state index contributed by atoms with van der Waals surface area (Å²) in [5, 5.41) is 0. The van der Waals surface area contributed by atoms with Crippen molar-refractivity contribution in [3.63, 3.8) is 0 Å². The van der Waals surface area contributed by atoms with Crippen LogP contribution in [0.5, 0.6) is 5.75 Å². The predicted molar refractivity (Wildman–Crippen MR) is 103 cm³/mol. The first-order valence-corrected chi connectivity index (χ1v) is 9.34. The Labute approximate surface area is 143 Å². The van der Waals surface area contributed by atoms with Gasteiger partial charge in [-0.1, -0.05) is 76.3 Å². The number of thiocarbonyl (C=S) groups is 1. The van der Waals surface area contributed by atoms with Crippen molar-refractivity contribution >= 4 is 48.5 Å². The third-order valence-corrected chi connectivity index (χ3v) is 5.91. The molecule has 0 amide bonds. The van der Waals surface area contributed by atoms with Crippen LogP contribution >= 0.6 is 33.8 Å². The average Bonchev–Trinajstić information content (AvgIpc) is 2.77. The van der Waals surface area contributed by atoms with E-state index in [1.165, 1.54) is 15.4 Å². The summed E-state index contributed by atoms with van der Waals surface area (Å²) in [5.74, 6) is 0.862. The fourth-order valence-electron chi connectivity index (χ4n) is 2.06. The first kappa shape index (κ1) is 15.4. The van der Waals surface area contributed by atoms with E-state index in [0.29, 0.717) is 0 Å². The van der Waals surface area contributed by atoms with E-state index in [1.54, 1.807) is 28.7 Å². The van der Waals surface area contributed by atoms with Gasteiger partial charge in [-0.2, -0.15) is 0 Å². The molecule has 1 heterocycles. The molecule has 1 aliphatic rings. The zero-order chi connectivity index (χ0) is 15.4. The number of ether oxygens (including phenoxy) is 1. The molecule has 0 fully saturated rings. The lowest BCUT2D eigenvalue weighted by Crippen LogP contribution is -1.86. The first-order chi connectivity index (χ1) is 10.8. The zero-order valence-corrected chi connectivity index (χ0v) is 14.4. The number of methoxy groups -OCH3 is 1. The van der Waals surface area contributed by atoms with Crippen LogP contribution in [0.3, 0.4) is 0 Å². The van der Waals surface area contributed by atoms with Gasteiger partial charge in [-0.25, -0.2) is 0 Å². The van der Waals surface area contributed by atoms with Crippen molar-refractivity contribution in [3.8, 4) is 5.75 Å². The highest BCUT2D eigenvalue weighted by molar-refractivity contribution is 8.83. The first-order valence-electron chi connectivity index (χ1n) is 6.78. The van der Waals surface area contributed by atoms with Crippen molar-refractivity contribution in [1.29, 1.82) is 0 Å². The van der Waals surface area contributed by atoms with E-state index >= 15 is 0 Å². The molecule has 0 saturated carbocycles. The van der Waals surface area contributed by atoms with Crippen LogP contribution in [0.2, 0.25) is 0 Å². The molecular formula is C18H14OS3. The second kappa shape index (κ2) is 7.18. The molecule has 1 aliphatic heterocycles. The van der Waals surface area contributed by atoms with Crippen molar-refractivity contribution in [2.75, 3.05) is 7.11 Å². The zero-order valence-electron chi connectivity index (χ0n) is 12.0. The minimum atomic E-state index is 0.849. The molecule has 110 valence electrons. The van der Waals surface area contributed by atoms with E-state index in [4.69, 9.17) is 17.0 Å². The highest BCUT2D eigenvalue weighted by Crippen LogP contribution is 2.47. The van der Waals surface area contributed by atoms with Gasteiger partial charge in [0.15, 0.2) is 0 Å². The van der Waals surface area contributed by atoms with Gasteiger partial charge in [0.2, 0.25) is 0 Å². The van der Waals surface area contributed by atoms with Crippen LogP contribution in [0, 0.1) is 0 Å². The minimum absolute atomic E-state index is 0.849. The van der Waals surface area contributed by atoms with Gasteiger partial charge in [-0.05, 0) is 35.4 Å². The van der Waals surface area contributed by atoms with Gasteiger partial charge in [0.05, 0.1) is 7.11 Å². The molecule has 0 radical (unpaired) electrons. The van der Waals surface area contributed by atoms with E-state index in [-0.39, 0.29) is 0 Å². The summed E-state index contributed by atoms with van der Waals surface area (Å²) in [5.41, 5.74) is 2.36. The van der Waals surface area contributed by atoms with Crippen molar-refractivity contribution in [2.45, 2.75) is 0 Å². The Bertz CT molecular complexity index is 731. The van der Waals surface area contributed by atoms with Crippen molar-refractivity contribution in [2.24, 2.45) is 0 Å². The Kier molecular flexibility index (Phi) is 5.03. The Balaban J connectivity index is 1.83. The van der Waals surface area contributed by atoms with Crippen LogP contribution in [0.1, 0.15) is 11.1 Å². The summed E-state index contributed by atoms with van der Waals surface area (Å²) >= 11 is 5.49. The molecule has 2 aromatic rings. The molecule has 0 saturated heterocycles. The lowest BCUT2D eigenvalue weighted by atomic mass is 10.1. The fraction of sp³-hybridized carbons (Fsp3) is 0.0556. The second-order valence-corrected chi connectivity index (χ2v) is 7.37. The minimum Gasteiger partial charge on any atom is -0.497 e. The molecule has 0 aromatic heterocycles. The van der Waals surface area contributed by atoms with Crippen molar-refractivity contribution in [1.82, 2.24) is 0 Å². The molecule has 0 bridgehead atoms. The van der Waals surface area contributed by atoms with Crippen LogP contribution in [-0.4, -0.2) is 12.0 Å². The quantitative estimate of drug-likeness (QED) is 0.511. The second-order valence-electron chi connectivity index (χ2n) is 4.68. The van der Waals surface area contributed by atoms with Crippen LogP contribution in [0.25, 0.3) is 9.81 Å². The van der Waals surface area contributed by atoms with Gasteiger partial charge in [0, 0.05) is 14.7 Å². The van der Waals surface area contributed by atoms with E-state index < -0.39 is 0 Å². The topological polar surface area (TPSA) is 9.23 Å². The molecule has 0 atom stereocenters. The third-order valence-electron chi connectivity index (χ3n) is 3.20. The van der Waals surface area contributed by atoms with Crippen LogP contribution < -0.4 is 4.74 Å². The number of hydrogen-bond donors (Lipinski definition) is 0. The number of allylic oxidation sites excluding steroid dienone is 2. The van der Waals surface area contributed by atoms with Gasteiger partial charge < -0.3 is 4.74 Å². The molecule has 0 aliphatic carbocycles. The van der Waals surface area contributed by atoms with E-state index in [9.17, 15) is 0 Å². The summed E-state index contributed by atoms with van der Waals surface area (Å²) in [6.07, 6.45) is 4.13. The Morgan fingerprint density at radius 1 is 0.773 bits per heavy atom. The van der Waals surface area contributed by atoms with E-state index in [1.807, 2.05) is 30.3 Å². The van der Waals surface area contributed by atoms with Gasteiger partial charge >= 0.3 is 0 Å². The van der Waals surface area contributed by atoms with Crippen molar-refractivity contribution in [3.05, 3.63) is 77.9 Å². The monoisotopic (exact) mass is 342 g/mol. The van der Waals surface area contributed by atoms with Gasteiger partial charge in [0.25, 0.3) is 0 Å². The van der Waals surface area contributed by atoms with Crippen LogP contribution in [0.15, 0.2) is 66.7 Å². The molecule has 0 N–H and O–H groups in total. The van der Waals surface area contributed by atoms with E-state index in [0.717, 1.165) is 16.2 Å². The molecule has 4 heteroatoms. The standard InChI is InChI=1S/C18H14OS3/c1-19-15-9-7-14(8-10-15)18-12-16(20)11-17(21-22-18)13-5-3-2-4-6-13/h2-12H,1H3. The lowest BCUT2D eigenvalue weighted by Gasteiger charge is -2.07. The third kappa shape index (κ3) is 3.64. The molecule has 1 nitrogen and oxygen atoms in total. The summed E-state index contributed by atoms with van der Waals surface area (Å²) in [6, 6.07) is 18.4. The van der Waals surface area contributed by atoms with Crippen LogP contribution in [0.4, 0.5) is 0 Å². The summed E-state index contributed by atoms with van der Waals surface area (Å²) in [7, 11) is 5.16. The Morgan fingerprint density at radius 2 is 1.32 bits per heavy atom. The summed E-state index contributed by atoms with van der Waals surface area (Å²) < 4.78 is 5.21. The molecule has 0 unspecified atom stereocenters.